The maximum atomic E-state index is 12.7. The summed E-state index contributed by atoms with van der Waals surface area (Å²) in [6, 6.07) is 23.4. The number of hydrogen-bond acceptors (Lipinski definition) is 3. The van der Waals surface area contributed by atoms with Crippen LogP contribution in [0.2, 0.25) is 0 Å². The molecule has 26 heavy (non-hydrogen) atoms. The molecule has 0 bridgehead atoms. The van der Waals surface area contributed by atoms with Gasteiger partial charge in [-0.25, -0.2) is 4.21 Å². The molecule has 1 atom stereocenters. The zero-order chi connectivity index (χ0) is 17.9. The molecule has 130 valence electrons. The first-order valence-electron chi connectivity index (χ1n) is 8.37. The van der Waals surface area contributed by atoms with E-state index in [1.54, 1.807) is 11.5 Å². The molecule has 4 rings (SSSR count). The minimum atomic E-state index is -1.28. The van der Waals surface area contributed by atoms with E-state index in [4.69, 9.17) is 9.47 Å². The molecule has 0 spiro atoms. The lowest BCUT2D eigenvalue weighted by molar-refractivity contribution is 0.305. The van der Waals surface area contributed by atoms with Crippen LogP contribution in [-0.4, -0.2) is 4.21 Å². The predicted molar refractivity (Wildman–Crippen MR) is 103 cm³/mol. The second kappa shape index (κ2) is 7.18. The molecule has 1 aliphatic rings. The smallest absolute Gasteiger partial charge is 0.144 e. The molecular weight excluding hydrogens is 344 g/mol. The summed E-state index contributed by atoms with van der Waals surface area (Å²) in [5.74, 6) is 1.90. The van der Waals surface area contributed by atoms with Gasteiger partial charge in [0, 0.05) is 11.6 Å². The first-order valence-corrected chi connectivity index (χ1v) is 9.58. The molecule has 1 heterocycles. The van der Waals surface area contributed by atoms with Crippen molar-refractivity contribution in [1.82, 2.24) is 0 Å². The largest absolute Gasteiger partial charge is 0.489 e. The molecular formula is C22H18O3S. The Balaban J connectivity index is 1.54. The maximum absolute atomic E-state index is 12.7. The van der Waals surface area contributed by atoms with Gasteiger partial charge >= 0.3 is 0 Å². The van der Waals surface area contributed by atoms with Crippen molar-refractivity contribution >= 4 is 16.6 Å². The highest BCUT2D eigenvalue weighted by atomic mass is 32.2. The van der Waals surface area contributed by atoms with Crippen LogP contribution in [0.25, 0.3) is 5.76 Å². The Morgan fingerprint density at radius 2 is 1.73 bits per heavy atom. The van der Waals surface area contributed by atoms with Crippen molar-refractivity contribution in [3.05, 3.63) is 94.9 Å². The fraction of sp³-hybridized carbons (Fsp3) is 0.0909. The number of rotatable bonds is 4. The molecule has 3 aromatic rings. The van der Waals surface area contributed by atoms with Crippen molar-refractivity contribution in [3.8, 4) is 11.5 Å². The molecule has 0 amide bonds. The normalized spacial score (nSPS) is 15.6. The second-order valence-corrected chi connectivity index (χ2v) is 7.40. The third kappa shape index (κ3) is 3.55. The first kappa shape index (κ1) is 16.6. The van der Waals surface area contributed by atoms with Crippen LogP contribution in [0.1, 0.15) is 16.7 Å². The number of aryl methyl sites for hydroxylation is 1. The standard InChI is InChI=1S/C22H18O3S/c1-16-7-9-18(10-8-16)21-15-26(23)22-13-19(11-12-20(22)25-21)24-14-17-5-3-2-4-6-17/h2-13,15H,14H2,1H3. The highest BCUT2D eigenvalue weighted by molar-refractivity contribution is 7.88. The highest BCUT2D eigenvalue weighted by Gasteiger charge is 2.20. The summed E-state index contributed by atoms with van der Waals surface area (Å²) in [7, 11) is -1.28. The van der Waals surface area contributed by atoms with Crippen LogP contribution in [0.15, 0.2) is 83.1 Å². The lowest BCUT2D eigenvalue weighted by Gasteiger charge is -2.19. The Bertz CT molecular complexity index is 976. The Labute approximate surface area is 155 Å². The Hall–Kier alpha value is -2.85. The van der Waals surface area contributed by atoms with Crippen molar-refractivity contribution in [3.63, 3.8) is 0 Å². The number of fused-ring (bicyclic) bond motifs is 1. The van der Waals surface area contributed by atoms with Crippen molar-refractivity contribution < 1.29 is 13.7 Å². The molecule has 0 fully saturated rings. The van der Waals surface area contributed by atoms with E-state index in [2.05, 4.69) is 0 Å². The molecule has 3 nitrogen and oxygen atoms in total. The molecule has 0 aromatic heterocycles. The van der Waals surface area contributed by atoms with Gasteiger partial charge < -0.3 is 9.47 Å². The van der Waals surface area contributed by atoms with Crippen molar-refractivity contribution in [2.24, 2.45) is 0 Å². The van der Waals surface area contributed by atoms with Crippen LogP contribution in [0.3, 0.4) is 0 Å². The average molecular weight is 362 g/mol. The molecule has 4 heteroatoms. The maximum Gasteiger partial charge on any atom is 0.144 e. The van der Waals surface area contributed by atoms with Gasteiger partial charge in [-0.1, -0.05) is 60.2 Å². The third-order valence-corrected chi connectivity index (χ3v) is 5.33. The van der Waals surface area contributed by atoms with E-state index in [9.17, 15) is 4.21 Å². The van der Waals surface area contributed by atoms with Crippen molar-refractivity contribution in [1.29, 1.82) is 0 Å². The van der Waals surface area contributed by atoms with Gasteiger partial charge in [-0.05, 0) is 24.6 Å². The average Bonchev–Trinajstić information content (AvgIpc) is 2.68. The van der Waals surface area contributed by atoms with Gasteiger partial charge in [-0.3, -0.25) is 0 Å². The molecule has 3 aromatic carbocycles. The number of benzene rings is 3. The van der Waals surface area contributed by atoms with E-state index >= 15 is 0 Å². The van der Waals surface area contributed by atoms with Crippen LogP contribution in [0, 0.1) is 6.92 Å². The summed E-state index contributed by atoms with van der Waals surface area (Å²) < 4.78 is 24.4. The minimum Gasteiger partial charge on any atom is -0.489 e. The second-order valence-electron chi connectivity index (χ2n) is 6.13. The van der Waals surface area contributed by atoms with Gasteiger partial charge in [-0.2, -0.15) is 0 Å². The van der Waals surface area contributed by atoms with Gasteiger partial charge in [0.25, 0.3) is 0 Å². The molecule has 1 unspecified atom stereocenters. The predicted octanol–water partition coefficient (Wildman–Crippen LogP) is 5.07. The summed E-state index contributed by atoms with van der Waals surface area (Å²) in [6.07, 6.45) is 0. The van der Waals surface area contributed by atoms with Crippen molar-refractivity contribution in [2.45, 2.75) is 18.4 Å². The van der Waals surface area contributed by atoms with Gasteiger partial charge in [0.15, 0.2) is 0 Å². The lowest BCUT2D eigenvalue weighted by atomic mass is 10.1. The molecule has 0 radical (unpaired) electrons. The summed E-state index contributed by atoms with van der Waals surface area (Å²) in [4.78, 5) is 0.631. The minimum absolute atomic E-state index is 0.470. The monoisotopic (exact) mass is 362 g/mol. The lowest BCUT2D eigenvalue weighted by Crippen LogP contribution is -2.06. The fourth-order valence-electron chi connectivity index (χ4n) is 2.71. The van der Waals surface area contributed by atoms with E-state index < -0.39 is 10.8 Å². The van der Waals surface area contributed by atoms with E-state index in [-0.39, 0.29) is 0 Å². The molecule has 0 saturated heterocycles. The Morgan fingerprint density at radius 1 is 0.962 bits per heavy atom. The van der Waals surface area contributed by atoms with Gasteiger partial charge in [-0.15, -0.1) is 0 Å². The quantitative estimate of drug-likeness (QED) is 0.650. The zero-order valence-electron chi connectivity index (χ0n) is 14.3. The number of ether oxygens (including phenoxy) is 2. The Kier molecular flexibility index (Phi) is 4.59. The molecule has 1 aliphatic heterocycles. The molecule has 0 saturated carbocycles. The van der Waals surface area contributed by atoms with E-state index in [0.717, 1.165) is 11.1 Å². The van der Waals surface area contributed by atoms with E-state index in [1.165, 1.54) is 5.56 Å². The van der Waals surface area contributed by atoms with Crippen LogP contribution < -0.4 is 9.47 Å². The van der Waals surface area contributed by atoms with Gasteiger partial charge in [0.1, 0.15) is 23.9 Å². The molecule has 0 N–H and O–H groups in total. The third-order valence-electron chi connectivity index (χ3n) is 4.15. The van der Waals surface area contributed by atoms with Crippen LogP contribution in [0.5, 0.6) is 11.5 Å². The molecule has 0 aliphatic carbocycles. The van der Waals surface area contributed by atoms with Crippen LogP contribution >= 0.6 is 0 Å². The van der Waals surface area contributed by atoms with Gasteiger partial charge in [0.05, 0.1) is 21.1 Å². The summed E-state index contributed by atoms with van der Waals surface area (Å²) >= 11 is 0. The zero-order valence-corrected chi connectivity index (χ0v) is 15.2. The topological polar surface area (TPSA) is 35.5 Å². The van der Waals surface area contributed by atoms with Crippen LogP contribution in [0.4, 0.5) is 0 Å². The summed E-state index contributed by atoms with van der Waals surface area (Å²) in [5.41, 5.74) is 3.18. The number of hydrogen-bond donors (Lipinski definition) is 0. The summed E-state index contributed by atoms with van der Waals surface area (Å²) in [5, 5.41) is 1.65. The fourth-order valence-corrected chi connectivity index (χ4v) is 3.75. The first-order chi connectivity index (χ1) is 12.7. The van der Waals surface area contributed by atoms with Crippen LogP contribution in [-0.2, 0) is 17.4 Å². The van der Waals surface area contributed by atoms with E-state index in [1.807, 2.05) is 73.7 Å². The SMILES string of the molecule is Cc1ccc(C2=CS(=O)c3cc(OCc4ccccc4)ccc3O2)cc1. The van der Waals surface area contributed by atoms with E-state index in [0.29, 0.717) is 28.8 Å². The Morgan fingerprint density at radius 3 is 2.50 bits per heavy atom. The van der Waals surface area contributed by atoms with Crippen molar-refractivity contribution in [2.75, 3.05) is 0 Å². The summed E-state index contributed by atoms with van der Waals surface area (Å²) in [6.45, 7) is 2.50. The van der Waals surface area contributed by atoms with Gasteiger partial charge in [0.2, 0.25) is 0 Å². The highest BCUT2D eigenvalue weighted by Crippen LogP contribution is 2.36.